The van der Waals surface area contributed by atoms with E-state index in [1.165, 1.54) is 18.4 Å². The molecule has 3 atom stereocenters. The zero-order valence-corrected chi connectivity index (χ0v) is 11.4. The fraction of sp³-hybridized carbons (Fsp3) is 0.867. The van der Waals surface area contributed by atoms with E-state index < -0.39 is 0 Å². The van der Waals surface area contributed by atoms with Crippen LogP contribution in [0, 0.1) is 17.3 Å². The van der Waals surface area contributed by atoms with Gasteiger partial charge in [0.15, 0.2) is 0 Å². The molecular formula is C15H28O. The maximum atomic E-state index is 10.1. The summed E-state index contributed by atoms with van der Waals surface area (Å²) in [7, 11) is 0. The molecule has 0 aromatic heterocycles. The Morgan fingerprint density at radius 2 is 1.94 bits per heavy atom. The third-order valence-corrected chi connectivity index (χ3v) is 4.22. The van der Waals surface area contributed by atoms with Crippen molar-refractivity contribution < 1.29 is 5.11 Å². The van der Waals surface area contributed by atoms with E-state index in [-0.39, 0.29) is 6.10 Å². The Morgan fingerprint density at radius 3 is 2.44 bits per heavy atom. The van der Waals surface area contributed by atoms with E-state index in [4.69, 9.17) is 0 Å². The molecule has 0 aromatic rings. The Morgan fingerprint density at radius 1 is 1.31 bits per heavy atom. The SMILES string of the molecule is C=C(CC)CC1CC(C(C)(C)C)CCC1O. The predicted molar refractivity (Wildman–Crippen MR) is 70.3 cm³/mol. The zero-order valence-electron chi connectivity index (χ0n) is 11.4. The third kappa shape index (κ3) is 3.62. The lowest BCUT2D eigenvalue weighted by molar-refractivity contribution is 0.0194. The van der Waals surface area contributed by atoms with Gasteiger partial charge >= 0.3 is 0 Å². The number of allylic oxidation sites excluding steroid dienone is 1. The van der Waals surface area contributed by atoms with Gasteiger partial charge in [0.05, 0.1) is 6.10 Å². The fourth-order valence-corrected chi connectivity index (χ4v) is 2.77. The van der Waals surface area contributed by atoms with Crippen LogP contribution in [-0.2, 0) is 0 Å². The van der Waals surface area contributed by atoms with E-state index in [9.17, 15) is 5.11 Å². The molecule has 1 aliphatic rings. The highest BCUT2D eigenvalue weighted by atomic mass is 16.3. The number of aliphatic hydroxyl groups is 1. The monoisotopic (exact) mass is 224 g/mol. The largest absolute Gasteiger partial charge is 0.393 e. The topological polar surface area (TPSA) is 20.2 Å². The summed E-state index contributed by atoms with van der Waals surface area (Å²) in [6, 6.07) is 0. The molecule has 1 heteroatoms. The van der Waals surface area contributed by atoms with E-state index in [0.29, 0.717) is 11.3 Å². The predicted octanol–water partition coefficient (Wildman–Crippen LogP) is 4.17. The Kier molecular flexibility index (Phi) is 4.61. The van der Waals surface area contributed by atoms with Crippen LogP contribution in [0.5, 0.6) is 0 Å². The van der Waals surface area contributed by atoms with Gasteiger partial charge < -0.3 is 5.11 Å². The van der Waals surface area contributed by atoms with E-state index in [2.05, 4.69) is 34.3 Å². The minimum Gasteiger partial charge on any atom is -0.393 e. The van der Waals surface area contributed by atoms with Gasteiger partial charge in [-0.15, -0.1) is 0 Å². The van der Waals surface area contributed by atoms with Crippen LogP contribution in [0.1, 0.15) is 59.8 Å². The highest BCUT2D eigenvalue weighted by molar-refractivity contribution is 4.98. The first kappa shape index (κ1) is 13.8. The van der Waals surface area contributed by atoms with Gasteiger partial charge in [0.25, 0.3) is 0 Å². The second-order valence-corrected chi connectivity index (χ2v) is 6.51. The molecule has 0 spiro atoms. The summed E-state index contributed by atoms with van der Waals surface area (Å²) in [5.74, 6) is 1.20. The van der Waals surface area contributed by atoms with Crippen LogP contribution in [0.4, 0.5) is 0 Å². The second kappa shape index (κ2) is 5.35. The zero-order chi connectivity index (χ0) is 12.3. The quantitative estimate of drug-likeness (QED) is 0.713. The molecule has 1 saturated carbocycles. The summed E-state index contributed by atoms with van der Waals surface area (Å²) in [5, 5.41) is 10.1. The van der Waals surface area contributed by atoms with Crippen LogP contribution in [0.25, 0.3) is 0 Å². The Hall–Kier alpha value is -0.300. The van der Waals surface area contributed by atoms with Crippen LogP contribution in [0.3, 0.4) is 0 Å². The van der Waals surface area contributed by atoms with Gasteiger partial charge in [-0.3, -0.25) is 0 Å². The minimum absolute atomic E-state index is 0.0955. The van der Waals surface area contributed by atoms with Crippen LogP contribution >= 0.6 is 0 Å². The van der Waals surface area contributed by atoms with E-state index >= 15 is 0 Å². The van der Waals surface area contributed by atoms with Gasteiger partial charge in [-0.1, -0.05) is 39.8 Å². The Balaban J connectivity index is 2.58. The van der Waals surface area contributed by atoms with Crippen LogP contribution in [0.2, 0.25) is 0 Å². The molecule has 0 aliphatic heterocycles. The summed E-state index contributed by atoms with van der Waals surface area (Å²) < 4.78 is 0. The van der Waals surface area contributed by atoms with Gasteiger partial charge in [0, 0.05) is 0 Å². The number of hydrogen-bond donors (Lipinski definition) is 1. The second-order valence-electron chi connectivity index (χ2n) is 6.51. The summed E-state index contributed by atoms with van der Waals surface area (Å²) in [6.45, 7) is 13.2. The third-order valence-electron chi connectivity index (χ3n) is 4.22. The maximum absolute atomic E-state index is 10.1. The molecule has 1 rings (SSSR count). The molecular weight excluding hydrogens is 196 g/mol. The van der Waals surface area contributed by atoms with Gasteiger partial charge in [0.1, 0.15) is 0 Å². The highest BCUT2D eigenvalue weighted by Gasteiger charge is 2.34. The summed E-state index contributed by atoms with van der Waals surface area (Å²) >= 11 is 0. The molecule has 0 bridgehead atoms. The molecule has 16 heavy (non-hydrogen) atoms. The summed E-state index contributed by atoms with van der Waals surface area (Å²) in [4.78, 5) is 0. The smallest absolute Gasteiger partial charge is 0.0571 e. The van der Waals surface area contributed by atoms with Crippen molar-refractivity contribution in [3.8, 4) is 0 Å². The molecule has 1 N–H and O–H groups in total. The molecule has 0 heterocycles. The van der Waals surface area contributed by atoms with Crippen molar-refractivity contribution >= 4 is 0 Å². The highest BCUT2D eigenvalue weighted by Crippen LogP contribution is 2.42. The number of rotatable bonds is 3. The first-order valence-electron chi connectivity index (χ1n) is 6.69. The Bertz CT molecular complexity index is 236. The lowest BCUT2D eigenvalue weighted by Crippen LogP contribution is -2.34. The lowest BCUT2D eigenvalue weighted by atomic mass is 9.67. The van der Waals surface area contributed by atoms with Gasteiger partial charge in [-0.2, -0.15) is 0 Å². The molecule has 0 aromatic carbocycles. The average Bonchev–Trinajstić information content (AvgIpc) is 2.19. The summed E-state index contributed by atoms with van der Waals surface area (Å²) in [5.41, 5.74) is 1.67. The molecule has 0 amide bonds. The van der Waals surface area contributed by atoms with E-state index in [0.717, 1.165) is 25.2 Å². The van der Waals surface area contributed by atoms with Gasteiger partial charge in [-0.05, 0) is 49.4 Å². The van der Waals surface area contributed by atoms with Crippen molar-refractivity contribution in [2.45, 2.75) is 65.9 Å². The average molecular weight is 224 g/mol. The molecule has 3 unspecified atom stereocenters. The minimum atomic E-state index is -0.0955. The van der Waals surface area contributed by atoms with Gasteiger partial charge in [0.2, 0.25) is 0 Å². The van der Waals surface area contributed by atoms with Crippen LogP contribution in [0.15, 0.2) is 12.2 Å². The lowest BCUT2D eigenvalue weighted by Gasteiger charge is -2.40. The van der Waals surface area contributed by atoms with Crippen molar-refractivity contribution in [2.24, 2.45) is 17.3 Å². The molecule has 0 radical (unpaired) electrons. The molecule has 1 fully saturated rings. The molecule has 0 saturated heterocycles. The van der Waals surface area contributed by atoms with Crippen molar-refractivity contribution in [3.05, 3.63) is 12.2 Å². The van der Waals surface area contributed by atoms with Crippen molar-refractivity contribution in [1.82, 2.24) is 0 Å². The van der Waals surface area contributed by atoms with Crippen molar-refractivity contribution in [2.75, 3.05) is 0 Å². The first-order chi connectivity index (χ1) is 7.34. The first-order valence-corrected chi connectivity index (χ1v) is 6.69. The van der Waals surface area contributed by atoms with E-state index in [1.54, 1.807) is 0 Å². The van der Waals surface area contributed by atoms with Crippen LogP contribution < -0.4 is 0 Å². The number of aliphatic hydroxyl groups excluding tert-OH is 1. The van der Waals surface area contributed by atoms with Crippen LogP contribution in [-0.4, -0.2) is 11.2 Å². The standard InChI is InChI=1S/C15H28O/c1-6-11(2)9-12-10-13(15(3,4)5)7-8-14(12)16/h12-14,16H,2,6-10H2,1,3-5H3. The molecule has 1 aliphatic carbocycles. The van der Waals surface area contributed by atoms with E-state index in [1.807, 2.05) is 0 Å². The van der Waals surface area contributed by atoms with Crippen molar-refractivity contribution in [1.29, 1.82) is 0 Å². The fourth-order valence-electron chi connectivity index (χ4n) is 2.77. The molecule has 94 valence electrons. The van der Waals surface area contributed by atoms with Crippen molar-refractivity contribution in [3.63, 3.8) is 0 Å². The molecule has 1 nitrogen and oxygen atoms in total. The summed E-state index contributed by atoms with van der Waals surface area (Å²) in [6.07, 6.45) is 5.29. The number of hydrogen-bond acceptors (Lipinski definition) is 1. The van der Waals surface area contributed by atoms with Gasteiger partial charge in [-0.25, -0.2) is 0 Å². The normalized spacial score (nSPS) is 31.4. The maximum Gasteiger partial charge on any atom is 0.0571 e. The Labute approximate surface area is 101 Å².